The molecule has 0 aliphatic carbocycles. The number of nitrogens with zero attached hydrogens (tertiary/aromatic N) is 2. The lowest BCUT2D eigenvalue weighted by molar-refractivity contribution is -0.134. The average Bonchev–Trinajstić information content (AvgIpc) is 2.82. The highest BCUT2D eigenvalue weighted by atomic mass is 35.5. The quantitative estimate of drug-likeness (QED) is 0.748. The predicted octanol–water partition coefficient (Wildman–Crippen LogP) is 2.82. The molecule has 1 amide bonds. The molecule has 0 saturated carbocycles. The highest BCUT2D eigenvalue weighted by molar-refractivity contribution is 7.89. The minimum absolute atomic E-state index is 0.0132. The fraction of sp³-hybridized carbons (Fsp3) is 0.562. The smallest absolute Gasteiger partial charge is 0.387 e. The molecule has 0 unspecified atom stereocenters. The van der Waals surface area contributed by atoms with Crippen LogP contribution in [0.2, 0.25) is 5.02 Å². The minimum atomic E-state index is -3.85. The number of carbonyl (C=O) groups excluding carboxylic acids is 1. The predicted molar refractivity (Wildman–Crippen MR) is 92.9 cm³/mol. The normalized spacial score (nSPS) is 16.8. The zero-order chi connectivity index (χ0) is 19.5. The Labute approximate surface area is 156 Å². The summed E-state index contributed by atoms with van der Waals surface area (Å²) in [5, 5.41) is -0.210. The fourth-order valence-electron chi connectivity index (χ4n) is 2.70. The number of hydrogen-bond donors (Lipinski definition) is 0. The highest BCUT2D eigenvalue weighted by Gasteiger charge is 2.29. The Morgan fingerprint density at radius 3 is 2.46 bits per heavy atom. The molecule has 0 bridgehead atoms. The maximum Gasteiger partial charge on any atom is 0.387 e. The number of hydrogen-bond acceptors (Lipinski definition) is 4. The number of rotatable bonds is 5. The van der Waals surface area contributed by atoms with Crippen molar-refractivity contribution in [2.24, 2.45) is 5.92 Å². The molecule has 6 nitrogen and oxygen atoms in total. The van der Waals surface area contributed by atoms with E-state index in [0.29, 0.717) is 19.5 Å². The van der Waals surface area contributed by atoms with E-state index >= 15 is 0 Å². The van der Waals surface area contributed by atoms with Crippen molar-refractivity contribution < 1.29 is 26.7 Å². The van der Waals surface area contributed by atoms with Crippen molar-refractivity contribution >= 4 is 27.5 Å². The van der Waals surface area contributed by atoms with E-state index in [-0.39, 0.29) is 40.6 Å². The van der Waals surface area contributed by atoms with Gasteiger partial charge in [-0.2, -0.15) is 13.1 Å². The number of alkyl halides is 2. The number of carbonyl (C=O) groups is 1. The zero-order valence-electron chi connectivity index (χ0n) is 14.5. The number of halogens is 3. The summed E-state index contributed by atoms with van der Waals surface area (Å²) < 4.78 is 55.7. The van der Waals surface area contributed by atoms with Crippen LogP contribution in [0.1, 0.15) is 20.3 Å². The Kier molecular flexibility index (Phi) is 6.81. The third-order valence-electron chi connectivity index (χ3n) is 4.02. The van der Waals surface area contributed by atoms with Crippen molar-refractivity contribution in [2.75, 3.05) is 26.2 Å². The highest BCUT2D eigenvalue weighted by Crippen LogP contribution is 2.30. The molecule has 10 heteroatoms. The van der Waals surface area contributed by atoms with Crippen LogP contribution in [0.5, 0.6) is 5.75 Å². The Hall–Kier alpha value is -1.45. The maximum absolute atomic E-state index is 12.8. The fourth-order valence-corrected chi connectivity index (χ4v) is 4.49. The molecule has 146 valence electrons. The Bertz CT molecular complexity index is 759. The molecule has 0 N–H and O–H groups in total. The van der Waals surface area contributed by atoms with Gasteiger partial charge in [0.25, 0.3) is 0 Å². The van der Waals surface area contributed by atoms with E-state index in [4.69, 9.17) is 11.6 Å². The molecule has 1 aromatic rings. The van der Waals surface area contributed by atoms with E-state index in [0.717, 1.165) is 12.1 Å². The van der Waals surface area contributed by atoms with Crippen molar-refractivity contribution in [1.29, 1.82) is 0 Å². The summed E-state index contributed by atoms with van der Waals surface area (Å²) in [7, 11) is -3.85. The van der Waals surface area contributed by atoms with E-state index in [9.17, 15) is 22.0 Å². The van der Waals surface area contributed by atoms with Crippen molar-refractivity contribution in [3.05, 3.63) is 23.2 Å². The average molecular weight is 411 g/mol. The third kappa shape index (κ3) is 4.83. The first kappa shape index (κ1) is 20.9. The Balaban J connectivity index is 2.17. The molecule has 0 aromatic heterocycles. The van der Waals surface area contributed by atoms with Crippen LogP contribution in [0.15, 0.2) is 23.1 Å². The van der Waals surface area contributed by atoms with Gasteiger partial charge in [-0.15, -0.1) is 0 Å². The van der Waals surface area contributed by atoms with Crippen molar-refractivity contribution in [3.8, 4) is 5.75 Å². The van der Waals surface area contributed by atoms with E-state index in [1.165, 1.54) is 10.4 Å². The summed E-state index contributed by atoms with van der Waals surface area (Å²) in [5.41, 5.74) is 0. The topological polar surface area (TPSA) is 66.9 Å². The summed E-state index contributed by atoms with van der Waals surface area (Å²) in [4.78, 5) is 13.7. The SMILES string of the molecule is CC(C)C(=O)N1CCCN(S(=O)(=O)c2ccc(OC(F)F)c(Cl)c2)CC1. The summed E-state index contributed by atoms with van der Waals surface area (Å²) in [6.45, 7) is 1.76. The van der Waals surface area contributed by atoms with Crippen LogP contribution >= 0.6 is 11.6 Å². The van der Waals surface area contributed by atoms with Gasteiger partial charge in [-0.3, -0.25) is 4.79 Å². The first-order chi connectivity index (χ1) is 12.1. The Morgan fingerprint density at radius 1 is 1.19 bits per heavy atom. The molecule has 1 aliphatic heterocycles. The molecule has 1 aliphatic rings. The summed E-state index contributed by atoms with van der Waals surface area (Å²) in [6, 6.07) is 3.38. The molecule has 2 rings (SSSR count). The van der Waals surface area contributed by atoms with Crippen LogP contribution in [-0.2, 0) is 14.8 Å². The first-order valence-electron chi connectivity index (χ1n) is 8.16. The molecule has 1 fully saturated rings. The molecule has 0 radical (unpaired) electrons. The van der Waals surface area contributed by atoms with Crippen LogP contribution in [-0.4, -0.2) is 56.3 Å². The van der Waals surface area contributed by atoms with E-state index in [1.54, 1.807) is 18.7 Å². The number of ether oxygens (including phenoxy) is 1. The number of benzene rings is 1. The van der Waals surface area contributed by atoms with Gasteiger partial charge in [0.15, 0.2) is 0 Å². The largest absolute Gasteiger partial charge is 0.433 e. The molecule has 1 saturated heterocycles. The second-order valence-corrected chi connectivity index (χ2v) is 8.55. The second-order valence-electron chi connectivity index (χ2n) is 6.21. The van der Waals surface area contributed by atoms with E-state index in [2.05, 4.69) is 4.74 Å². The lowest BCUT2D eigenvalue weighted by Crippen LogP contribution is -2.38. The van der Waals surface area contributed by atoms with Crippen LogP contribution < -0.4 is 4.74 Å². The van der Waals surface area contributed by atoms with Gasteiger partial charge >= 0.3 is 6.61 Å². The van der Waals surface area contributed by atoms with E-state index in [1.807, 2.05) is 0 Å². The van der Waals surface area contributed by atoms with Crippen LogP contribution in [0, 0.1) is 5.92 Å². The third-order valence-corrected chi connectivity index (χ3v) is 6.21. The van der Waals surface area contributed by atoms with Crippen molar-refractivity contribution in [1.82, 2.24) is 9.21 Å². The molecular formula is C16H21ClF2N2O4S. The summed E-state index contributed by atoms with van der Waals surface area (Å²) >= 11 is 5.86. The summed E-state index contributed by atoms with van der Waals surface area (Å²) in [6.07, 6.45) is 0.512. The van der Waals surface area contributed by atoms with Gasteiger partial charge in [-0.1, -0.05) is 25.4 Å². The number of sulfonamides is 1. The van der Waals surface area contributed by atoms with Gasteiger partial charge in [0.05, 0.1) is 9.92 Å². The number of amides is 1. The van der Waals surface area contributed by atoms with E-state index < -0.39 is 16.6 Å². The standard InChI is InChI=1S/C16H21ClF2N2O4S/c1-11(2)15(22)20-6-3-7-21(9-8-20)26(23,24)12-4-5-14(13(17)10-12)25-16(18)19/h4-5,10-11,16H,3,6-9H2,1-2H3. The van der Waals surface area contributed by atoms with Gasteiger partial charge in [0.1, 0.15) is 5.75 Å². The molecule has 1 heterocycles. The summed E-state index contributed by atoms with van der Waals surface area (Å²) in [5.74, 6) is -0.453. The Morgan fingerprint density at radius 2 is 1.88 bits per heavy atom. The van der Waals surface area contributed by atoms with Gasteiger partial charge in [-0.25, -0.2) is 8.42 Å². The zero-order valence-corrected chi connectivity index (χ0v) is 16.1. The van der Waals surface area contributed by atoms with Crippen LogP contribution in [0.25, 0.3) is 0 Å². The van der Waals surface area contributed by atoms with Gasteiger partial charge in [-0.05, 0) is 24.6 Å². The minimum Gasteiger partial charge on any atom is -0.433 e. The maximum atomic E-state index is 12.8. The van der Waals surface area contributed by atoms with Gasteiger partial charge < -0.3 is 9.64 Å². The van der Waals surface area contributed by atoms with Gasteiger partial charge in [0.2, 0.25) is 15.9 Å². The molecule has 0 atom stereocenters. The monoisotopic (exact) mass is 410 g/mol. The van der Waals surface area contributed by atoms with Gasteiger partial charge in [0, 0.05) is 32.1 Å². The molecule has 0 spiro atoms. The van der Waals surface area contributed by atoms with Crippen LogP contribution in [0.3, 0.4) is 0 Å². The van der Waals surface area contributed by atoms with Crippen molar-refractivity contribution in [3.63, 3.8) is 0 Å². The first-order valence-corrected chi connectivity index (χ1v) is 9.98. The lowest BCUT2D eigenvalue weighted by Gasteiger charge is -2.23. The molecule has 26 heavy (non-hydrogen) atoms. The second kappa shape index (κ2) is 8.49. The lowest BCUT2D eigenvalue weighted by atomic mass is 10.2. The van der Waals surface area contributed by atoms with Crippen LogP contribution in [0.4, 0.5) is 8.78 Å². The molecular weight excluding hydrogens is 390 g/mol. The molecule has 1 aromatic carbocycles. The van der Waals surface area contributed by atoms with Crippen molar-refractivity contribution in [2.45, 2.75) is 31.8 Å².